The van der Waals surface area contributed by atoms with E-state index in [2.05, 4.69) is 9.44 Å². The molecule has 1 aromatic rings. The summed E-state index contributed by atoms with van der Waals surface area (Å²) in [6.07, 6.45) is 0. The van der Waals surface area contributed by atoms with Crippen molar-refractivity contribution in [2.24, 2.45) is 0 Å². The maximum atomic E-state index is 11.6. The number of ether oxygens (including phenoxy) is 1. The van der Waals surface area contributed by atoms with Crippen molar-refractivity contribution >= 4 is 10.2 Å². The molecule has 0 aliphatic rings. The summed E-state index contributed by atoms with van der Waals surface area (Å²) in [5, 5.41) is 0. The third kappa shape index (κ3) is 5.09. The minimum absolute atomic E-state index is 0.0469. The standard InChI is InChI=1S/C13H23N3O3S/c1-5-14-20(17,18)15-10-13(16(2)3)11-6-8-12(19-4)9-7-11/h6-9,13-15H,5,10H2,1-4H3. The van der Waals surface area contributed by atoms with Crippen LogP contribution in [0.15, 0.2) is 24.3 Å². The quantitative estimate of drug-likeness (QED) is 0.743. The molecule has 0 saturated heterocycles. The van der Waals surface area contributed by atoms with Crippen LogP contribution in [0.5, 0.6) is 5.75 Å². The van der Waals surface area contributed by atoms with Crippen molar-refractivity contribution in [3.63, 3.8) is 0 Å². The normalized spacial score (nSPS) is 13.4. The van der Waals surface area contributed by atoms with Gasteiger partial charge in [-0.25, -0.2) is 9.44 Å². The molecule has 0 aliphatic carbocycles. The first-order valence-electron chi connectivity index (χ1n) is 6.44. The van der Waals surface area contributed by atoms with Crippen molar-refractivity contribution in [2.45, 2.75) is 13.0 Å². The summed E-state index contributed by atoms with van der Waals surface area (Å²) < 4.78 is 33.3. The van der Waals surface area contributed by atoms with Crippen LogP contribution in [0.2, 0.25) is 0 Å². The molecule has 1 aromatic carbocycles. The lowest BCUT2D eigenvalue weighted by Gasteiger charge is -2.25. The predicted molar refractivity (Wildman–Crippen MR) is 80.0 cm³/mol. The van der Waals surface area contributed by atoms with Crippen molar-refractivity contribution in [3.8, 4) is 5.75 Å². The van der Waals surface area contributed by atoms with Crippen LogP contribution in [-0.4, -0.2) is 47.6 Å². The molecule has 0 aromatic heterocycles. The fraction of sp³-hybridized carbons (Fsp3) is 0.538. The van der Waals surface area contributed by atoms with E-state index < -0.39 is 10.2 Å². The van der Waals surface area contributed by atoms with Crippen LogP contribution in [-0.2, 0) is 10.2 Å². The summed E-state index contributed by atoms with van der Waals surface area (Å²) in [6, 6.07) is 7.56. The Kier molecular flexibility index (Phi) is 6.41. The lowest BCUT2D eigenvalue weighted by molar-refractivity contribution is 0.299. The third-order valence-electron chi connectivity index (χ3n) is 2.92. The average Bonchev–Trinajstić information content (AvgIpc) is 2.39. The first kappa shape index (κ1) is 16.9. The van der Waals surface area contributed by atoms with Gasteiger partial charge in [0, 0.05) is 19.1 Å². The highest BCUT2D eigenvalue weighted by atomic mass is 32.2. The molecule has 0 aliphatic heterocycles. The zero-order valence-electron chi connectivity index (χ0n) is 12.4. The Balaban J connectivity index is 2.78. The zero-order chi connectivity index (χ0) is 15.2. The maximum absolute atomic E-state index is 11.6. The fourth-order valence-electron chi connectivity index (χ4n) is 1.85. The van der Waals surface area contributed by atoms with Crippen LogP contribution < -0.4 is 14.2 Å². The number of benzene rings is 1. The van der Waals surface area contributed by atoms with Gasteiger partial charge in [0.05, 0.1) is 7.11 Å². The van der Waals surface area contributed by atoms with Gasteiger partial charge in [-0.1, -0.05) is 19.1 Å². The Bertz CT molecular complexity index is 500. The number of hydrogen-bond acceptors (Lipinski definition) is 4. The van der Waals surface area contributed by atoms with Crippen LogP contribution in [0.1, 0.15) is 18.5 Å². The second-order valence-corrected chi connectivity index (χ2v) is 6.19. The second kappa shape index (κ2) is 7.58. The molecule has 2 N–H and O–H groups in total. The molecule has 0 saturated carbocycles. The molecule has 20 heavy (non-hydrogen) atoms. The maximum Gasteiger partial charge on any atom is 0.276 e. The van der Waals surface area contributed by atoms with Crippen LogP contribution in [0.3, 0.4) is 0 Å². The van der Waals surface area contributed by atoms with Gasteiger partial charge >= 0.3 is 0 Å². The van der Waals surface area contributed by atoms with E-state index in [1.54, 1.807) is 14.0 Å². The Morgan fingerprint density at radius 3 is 2.25 bits per heavy atom. The van der Waals surface area contributed by atoms with Gasteiger partial charge in [-0.05, 0) is 31.8 Å². The number of likely N-dealkylation sites (N-methyl/N-ethyl adjacent to an activating group) is 1. The van der Waals surface area contributed by atoms with E-state index in [1.165, 1.54) is 0 Å². The second-order valence-electron chi connectivity index (χ2n) is 4.60. The molecular formula is C13H23N3O3S. The average molecular weight is 301 g/mol. The highest BCUT2D eigenvalue weighted by Gasteiger charge is 2.17. The molecule has 0 spiro atoms. The molecule has 0 bridgehead atoms. The summed E-state index contributed by atoms with van der Waals surface area (Å²) in [4.78, 5) is 1.97. The van der Waals surface area contributed by atoms with Crippen LogP contribution in [0.25, 0.3) is 0 Å². The van der Waals surface area contributed by atoms with Crippen molar-refractivity contribution in [2.75, 3.05) is 34.3 Å². The molecule has 1 unspecified atom stereocenters. The lowest BCUT2D eigenvalue weighted by atomic mass is 10.1. The van der Waals surface area contributed by atoms with Gasteiger partial charge in [0.25, 0.3) is 10.2 Å². The first-order valence-corrected chi connectivity index (χ1v) is 7.92. The van der Waals surface area contributed by atoms with Crippen molar-refractivity contribution in [1.82, 2.24) is 14.3 Å². The van der Waals surface area contributed by atoms with Crippen molar-refractivity contribution in [1.29, 1.82) is 0 Å². The van der Waals surface area contributed by atoms with E-state index in [0.29, 0.717) is 13.1 Å². The Morgan fingerprint density at radius 2 is 1.80 bits per heavy atom. The molecular weight excluding hydrogens is 278 g/mol. The number of nitrogens with zero attached hydrogens (tertiary/aromatic N) is 1. The number of nitrogens with one attached hydrogen (secondary N) is 2. The molecule has 1 atom stereocenters. The minimum Gasteiger partial charge on any atom is -0.497 e. The summed E-state index contributed by atoms with van der Waals surface area (Å²) in [6.45, 7) is 2.41. The molecule has 7 heteroatoms. The minimum atomic E-state index is -3.43. The SMILES string of the molecule is CCNS(=O)(=O)NCC(c1ccc(OC)cc1)N(C)C. The van der Waals surface area contributed by atoms with Crippen LogP contribution >= 0.6 is 0 Å². The van der Waals surface area contributed by atoms with E-state index in [4.69, 9.17) is 4.74 Å². The molecule has 6 nitrogen and oxygen atoms in total. The summed E-state index contributed by atoms with van der Waals surface area (Å²) in [5.41, 5.74) is 1.02. The largest absolute Gasteiger partial charge is 0.497 e. The van der Waals surface area contributed by atoms with E-state index >= 15 is 0 Å². The van der Waals surface area contributed by atoms with Gasteiger partial charge in [-0.2, -0.15) is 8.42 Å². The number of methoxy groups -OCH3 is 1. The monoisotopic (exact) mass is 301 g/mol. The van der Waals surface area contributed by atoms with E-state index in [1.807, 2.05) is 43.3 Å². The molecule has 1 rings (SSSR count). The molecule has 0 amide bonds. The summed E-state index contributed by atoms with van der Waals surface area (Å²) in [5.74, 6) is 0.777. The lowest BCUT2D eigenvalue weighted by Crippen LogP contribution is -2.41. The molecule has 114 valence electrons. The first-order chi connectivity index (χ1) is 9.39. The van der Waals surface area contributed by atoms with Crippen molar-refractivity contribution < 1.29 is 13.2 Å². The van der Waals surface area contributed by atoms with E-state index in [-0.39, 0.29) is 6.04 Å². The molecule has 0 fully saturated rings. The van der Waals surface area contributed by atoms with Crippen LogP contribution in [0, 0.1) is 0 Å². The van der Waals surface area contributed by atoms with Crippen molar-refractivity contribution in [3.05, 3.63) is 29.8 Å². The summed E-state index contributed by atoms with van der Waals surface area (Å²) in [7, 11) is 2.01. The van der Waals surface area contributed by atoms with Gasteiger partial charge in [0.1, 0.15) is 5.75 Å². The summed E-state index contributed by atoms with van der Waals surface area (Å²) >= 11 is 0. The Hall–Kier alpha value is -1.15. The highest BCUT2D eigenvalue weighted by Crippen LogP contribution is 2.20. The third-order valence-corrected chi connectivity index (χ3v) is 4.14. The van der Waals surface area contributed by atoms with Gasteiger partial charge in [0.15, 0.2) is 0 Å². The molecule has 0 radical (unpaired) electrons. The van der Waals surface area contributed by atoms with E-state index in [9.17, 15) is 8.42 Å². The van der Waals surface area contributed by atoms with E-state index in [0.717, 1.165) is 11.3 Å². The topological polar surface area (TPSA) is 70.7 Å². The Labute approximate surface area is 121 Å². The molecule has 0 heterocycles. The number of hydrogen-bond donors (Lipinski definition) is 2. The van der Waals surface area contributed by atoms with Gasteiger partial charge in [-0.3, -0.25) is 0 Å². The van der Waals surface area contributed by atoms with Gasteiger partial charge in [0.2, 0.25) is 0 Å². The zero-order valence-corrected chi connectivity index (χ0v) is 13.2. The Morgan fingerprint density at radius 1 is 1.20 bits per heavy atom. The van der Waals surface area contributed by atoms with Crippen LogP contribution in [0.4, 0.5) is 0 Å². The number of rotatable bonds is 8. The fourth-order valence-corrected chi connectivity index (χ4v) is 2.71. The highest BCUT2D eigenvalue weighted by molar-refractivity contribution is 7.87. The predicted octanol–water partition coefficient (Wildman–Crippen LogP) is 0.742. The van der Waals surface area contributed by atoms with Gasteiger partial charge in [-0.15, -0.1) is 0 Å². The smallest absolute Gasteiger partial charge is 0.276 e. The van der Waals surface area contributed by atoms with Gasteiger partial charge < -0.3 is 9.64 Å².